The van der Waals surface area contributed by atoms with Crippen molar-refractivity contribution in [2.75, 3.05) is 14.2 Å². The van der Waals surface area contributed by atoms with Gasteiger partial charge in [0.1, 0.15) is 11.5 Å². The Morgan fingerprint density at radius 2 is 1.11 bits per heavy atom. The molecule has 0 spiro atoms. The molecule has 0 heterocycles. The molecule has 2 nitrogen and oxygen atoms in total. The standard InChI is InChI=1S/C16H22O2/c1-12(8-10-14(3)17-6)16(5)13(2)9-11-15(4)18-7/h8-11,16H,1-4H2,5-7H3/b10-8-,11-9-. The van der Waals surface area contributed by atoms with Gasteiger partial charge in [-0.1, -0.05) is 45.4 Å². The largest absolute Gasteiger partial charge is 0.497 e. The maximum Gasteiger partial charge on any atom is 0.111 e. The third-order valence-electron chi connectivity index (χ3n) is 2.60. The molecule has 0 aromatic rings. The molecule has 0 saturated carbocycles. The Kier molecular flexibility index (Phi) is 7.29. The highest BCUT2D eigenvalue weighted by atomic mass is 16.5. The van der Waals surface area contributed by atoms with E-state index in [-0.39, 0.29) is 5.92 Å². The minimum Gasteiger partial charge on any atom is -0.497 e. The summed E-state index contributed by atoms with van der Waals surface area (Å²) >= 11 is 0. The highest BCUT2D eigenvalue weighted by Gasteiger charge is 2.06. The van der Waals surface area contributed by atoms with E-state index in [1.54, 1.807) is 26.4 Å². The third kappa shape index (κ3) is 5.94. The second kappa shape index (κ2) is 8.18. The molecule has 2 heteroatoms. The van der Waals surface area contributed by atoms with Crippen LogP contribution in [0.5, 0.6) is 0 Å². The van der Waals surface area contributed by atoms with Gasteiger partial charge >= 0.3 is 0 Å². The van der Waals surface area contributed by atoms with Crippen molar-refractivity contribution in [1.82, 2.24) is 0 Å². The van der Waals surface area contributed by atoms with Crippen LogP contribution in [0.3, 0.4) is 0 Å². The Labute approximate surface area is 110 Å². The summed E-state index contributed by atoms with van der Waals surface area (Å²) in [6.45, 7) is 17.4. The zero-order chi connectivity index (χ0) is 14.1. The van der Waals surface area contributed by atoms with Crippen LogP contribution in [0.2, 0.25) is 0 Å². The molecule has 0 saturated heterocycles. The van der Waals surface area contributed by atoms with Crippen LogP contribution in [0.25, 0.3) is 0 Å². The first kappa shape index (κ1) is 16.0. The van der Waals surface area contributed by atoms with Gasteiger partial charge in [-0.15, -0.1) is 0 Å². The fraction of sp³-hybridized carbons (Fsp3) is 0.250. The van der Waals surface area contributed by atoms with E-state index in [4.69, 9.17) is 9.47 Å². The summed E-state index contributed by atoms with van der Waals surface area (Å²) in [5, 5.41) is 0. The summed E-state index contributed by atoms with van der Waals surface area (Å²) in [7, 11) is 3.16. The number of methoxy groups -OCH3 is 2. The van der Waals surface area contributed by atoms with Gasteiger partial charge in [-0.05, 0) is 23.3 Å². The average molecular weight is 246 g/mol. The molecule has 0 aliphatic carbocycles. The molecule has 0 rings (SSSR count). The first-order chi connectivity index (χ1) is 8.42. The maximum absolute atomic E-state index is 4.95. The molecule has 0 aliphatic rings. The normalized spacial score (nSPS) is 10.9. The Morgan fingerprint density at radius 1 is 0.778 bits per heavy atom. The molecule has 0 aromatic carbocycles. The van der Waals surface area contributed by atoms with Crippen molar-refractivity contribution in [3.63, 3.8) is 0 Å². The lowest BCUT2D eigenvalue weighted by Gasteiger charge is -2.12. The average Bonchev–Trinajstić information content (AvgIpc) is 2.39. The molecule has 98 valence electrons. The second-order valence-electron chi connectivity index (χ2n) is 3.88. The zero-order valence-corrected chi connectivity index (χ0v) is 11.5. The highest BCUT2D eigenvalue weighted by Crippen LogP contribution is 2.20. The minimum absolute atomic E-state index is 0.131. The van der Waals surface area contributed by atoms with E-state index in [0.717, 1.165) is 11.1 Å². The van der Waals surface area contributed by atoms with Crippen molar-refractivity contribution in [2.24, 2.45) is 5.92 Å². The lowest BCUT2D eigenvalue weighted by atomic mass is 9.94. The van der Waals surface area contributed by atoms with Crippen molar-refractivity contribution in [2.45, 2.75) is 6.92 Å². The van der Waals surface area contributed by atoms with Crippen LogP contribution >= 0.6 is 0 Å². The molecule has 0 aliphatic heterocycles. The molecule has 0 radical (unpaired) electrons. The summed E-state index contributed by atoms with van der Waals surface area (Å²) in [4.78, 5) is 0. The van der Waals surface area contributed by atoms with Crippen LogP contribution in [0.4, 0.5) is 0 Å². The zero-order valence-electron chi connectivity index (χ0n) is 11.5. The number of hydrogen-bond donors (Lipinski definition) is 0. The predicted molar refractivity (Wildman–Crippen MR) is 78.0 cm³/mol. The Bertz CT molecular complexity index is 359. The topological polar surface area (TPSA) is 18.5 Å². The van der Waals surface area contributed by atoms with Gasteiger partial charge in [0.2, 0.25) is 0 Å². The Hall–Kier alpha value is -1.96. The molecule has 0 aromatic heterocycles. The van der Waals surface area contributed by atoms with E-state index >= 15 is 0 Å². The SMILES string of the molecule is C=C(/C=C\C(=C)C(C)C(=C)/C=C\C(=C)OC)OC. The molecule has 0 amide bonds. The van der Waals surface area contributed by atoms with Gasteiger partial charge in [0, 0.05) is 5.92 Å². The summed E-state index contributed by atoms with van der Waals surface area (Å²) in [6, 6.07) is 0. The second-order valence-corrected chi connectivity index (χ2v) is 3.88. The summed E-state index contributed by atoms with van der Waals surface area (Å²) in [5.41, 5.74) is 1.87. The first-order valence-electron chi connectivity index (χ1n) is 5.62. The van der Waals surface area contributed by atoms with Crippen LogP contribution < -0.4 is 0 Å². The number of hydrogen-bond acceptors (Lipinski definition) is 2. The van der Waals surface area contributed by atoms with Crippen molar-refractivity contribution < 1.29 is 9.47 Å². The number of ether oxygens (including phenoxy) is 2. The number of allylic oxidation sites excluding steroid dienone is 6. The van der Waals surface area contributed by atoms with E-state index < -0.39 is 0 Å². The third-order valence-corrected chi connectivity index (χ3v) is 2.60. The minimum atomic E-state index is 0.131. The Morgan fingerprint density at radius 3 is 1.39 bits per heavy atom. The maximum atomic E-state index is 4.95. The van der Waals surface area contributed by atoms with Crippen LogP contribution in [0.15, 0.2) is 73.3 Å². The van der Waals surface area contributed by atoms with Gasteiger partial charge in [-0.2, -0.15) is 0 Å². The molecule has 0 fully saturated rings. The molecular weight excluding hydrogens is 224 g/mol. The van der Waals surface area contributed by atoms with Crippen LogP contribution in [0, 0.1) is 5.92 Å². The van der Waals surface area contributed by atoms with E-state index in [1.165, 1.54) is 0 Å². The van der Waals surface area contributed by atoms with Crippen LogP contribution in [-0.2, 0) is 9.47 Å². The van der Waals surface area contributed by atoms with E-state index in [0.29, 0.717) is 11.5 Å². The van der Waals surface area contributed by atoms with Crippen molar-refractivity contribution in [3.8, 4) is 0 Å². The van der Waals surface area contributed by atoms with Gasteiger partial charge in [0.05, 0.1) is 14.2 Å². The molecular formula is C16H22O2. The summed E-state index contributed by atoms with van der Waals surface area (Å²) in [6.07, 6.45) is 7.31. The lowest BCUT2D eigenvalue weighted by molar-refractivity contribution is 0.308. The van der Waals surface area contributed by atoms with Crippen LogP contribution in [0.1, 0.15) is 6.92 Å². The highest BCUT2D eigenvalue weighted by molar-refractivity contribution is 5.34. The van der Waals surface area contributed by atoms with Crippen molar-refractivity contribution in [3.05, 3.63) is 73.3 Å². The lowest BCUT2D eigenvalue weighted by Crippen LogP contribution is -1.98. The molecule has 0 bridgehead atoms. The van der Waals surface area contributed by atoms with Crippen molar-refractivity contribution >= 4 is 0 Å². The van der Waals surface area contributed by atoms with Gasteiger partial charge < -0.3 is 9.47 Å². The monoisotopic (exact) mass is 246 g/mol. The Balaban J connectivity index is 4.51. The molecule has 0 atom stereocenters. The molecule has 0 N–H and O–H groups in total. The van der Waals surface area contributed by atoms with Gasteiger partial charge in [-0.25, -0.2) is 0 Å². The first-order valence-corrected chi connectivity index (χ1v) is 5.62. The fourth-order valence-electron chi connectivity index (χ4n) is 1.06. The summed E-state index contributed by atoms with van der Waals surface area (Å²) < 4.78 is 9.89. The van der Waals surface area contributed by atoms with Gasteiger partial charge in [-0.3, -0.25) is 0 Å². The molecule has 18 heavy (non-hydrogen) atoms. The fourth-order valence-corrected chi connectivity index (χ4v) is 1.06. The smallest absolute Gasteiger partial charge is 0.111 e. The van der Waals surface area contributed by atoms with E-state index in [1.807, 2.05) is 19.1 Å². The van der Waals surface area contributed by atoms with E-state index in [9.17, 15) is 0 Å². The summed E-state index contributed by atoms with van der Waals surface area (Å²) in [5.74, 6) is 1.32. The number of rotatable bonds is 8. The van der Waals surface area contributed by atoms with Gasteiger partial charge in [0.25, 0.3) is 0 Å². The van der Waals surface area contributed by atoms with E-state index in [2.05, 4.69) is 26.3 Å². The predicted octanol–water partition coefficient (Wildman–Crippen LogP) is 4.17. The van der Waals surface area contributed by atoms with Gasteiger partial charge in [0.15, 0.2) is 0 Å². The quantitative estimate of drug-likeness (QED) is 0.473. The van der Waals surface area contributed by atoms with Crippen LogP contribution in [-0.4, -0.2) is 14.2 Å². The van der Waals surface area contributed by atoms with Crippen molar-refractivity contribution in [1.29, 1.82) is 0 Å². The molecule has 0 unspecified atom stereocenters.